The number of anilines is 2. The molecule has 0 amide bonds. The third kappa shape index (κ3) is 3.40. The molecule has 0 unspecified atom stereocenters. The number of nitrogen functional groups attached to an aromatic ring is 1. The van der Waals surface area contributed by atoms with Gasteiger partial charge in [-0.25, -0.2) is 0 Å². The minimum Gasteiger partial charge on any atom is -0.507 e. The van der Waals surface area contributed by atoms with Crippen LogP contribution < -0.4 is 15.4 Å². The summed E-state index contributed by atoms with van der Waals surface area (Å²) in [5.74, 6) is -0.512. The number of fused-ring (bicyclic) bond motifs is 2. The van der Waals surface area contributed by atoms with Crippen molar-refractivity contribution in [2.45, 2.75) is 20.8 Å². The molecule has 158 valence electrons. The van der Waals surface area contributed by atoms with Crippen molar-refractivity contribution in [1.82, 2.24) is 0 Å². The lowest BCUT2D eigenvalue weighted by Gasteiger charge is -2.23. The van der Waals surface area contributed by atoms with Gasteiger partial charge >= 0.3 is 0 Å². The summed E-state index contributed by atoms with van der Waals surface area (Å²) in [6.07, 6.45) is 0. The van der Waals surface area contributed by atoms with Crippen molar-refractivity contribution in [3.05, 3.63) is 76.3 Å². The average molecular weight is 416 g/mol. The minimum absolute atomic E-state index is 0.0157. The quantitative estimate of drug-likeness (QED) is 0.362. The number of ketones is 2. The molecule has 0 radical (unpaired) electrons. The Hall–Kier alpha value is -3.80. The summed E-state index contributed by atoms with van der Waals surface area (Å²) in [5, 5.41) is 10.6. The number of aromatic hydroxyl groups is 1. The van der Waals surface area contributed by atoms with Crippen LogP contribution in [0.15, 0.2) is 48.5 Å². The largest absolute Gasteiger partial charge is 0.507 e. The van der Waals surface area contributed by atoms with Crippen molar-refractivity contribution < 1.29 is 19.4 Å². The maximum atomic E-state index is 13.2. The van der Waals surface area contributed by atoms with Crippen LogP contribution in [0.3, 0.4) is 0 Å². The highest BCUT2D eigenvalue weighted by molar-refractivity contribution is 6.31. The number of carbonyl (C=O) groups excluding carboxylic acids is 2. The highest BCUT2D eigenvalue weighted by Gasteiger charge is 2.35. The molecule has 6 nitrogen and oxygen atoms in total. The Kier molecular flexibility index (Phi) is 5.15. The van der Waals surface area contributed by atoms with Gasteiger partial charge in [0.15, 0.2) is 17.3 Å². The van der Waals surface area contributed by atoms with Crippen LogP contribution in [0.25, 0.3) is 0 Å². The van der Waals surface area contributed by atoms with Gasteiger partial charge in [-0.05, 0) is 39.0 Å². The van der Waals surface area contributed by atoms with Gasteiger partial charge in [-0.1, -0.05) is 23.8 Å². The molecule has 6 heteroatoms. The number of aryl methyl sites for hydroxylation is 1. The van der Waals surface area contributed by atoms with Crippen LogP contribution in [0.5, 0.6) is 17.2 Å². The molecule has 31 heavy (non-hydrogen) atoms. The molecule has 0 fully saturated rings. The van der Waals surface area contributed by atoms with Crippen LogP contribution in [0.2, 0.25) is 0 Å². The molecule has 0 bridgehead atoms. The van der Waals surface area contributed by atoms with E-state index < -0.39 is 11.6 Å². The van der Waals surface area contributed by atoms with E-state index in [0.717, 1.165) is 24.3 Å². The van der Waals surface area contributed by atoms with Gasteiger partial charge in [0.1, 0.15) is 11.5 Å². The van der Waals surface area contributed by atoms with E-state index >= 15 is 0 Å². The molecular weight excluding hydrogens is 392 g/mol. The maximum absolute atomic E-state index is 13.2. The molecule has 3 N–H and O–H groups in total. The number of ether oxygens (including phenoxy) is 1. The van der Waals surface area contributed by atoms with Gasteiger partial charge in [0.25, 0.3) is 0 Å². The van der Waals surface area contributed by atoms with Gasteiger partial charge in [-0.3, -0.25) is 9.59 Å². The predicted octanol–water partition coefficient (Wildman–Crippen LogP) is 4.70. The van der Waals surface area contributed by atoms with E-state index in [-0.39, 0.29) is 39.4 Å². The lowest BCUT2D eigenvalue weighted by atomic mass is 9.82. The lowest BCUT2D eigenvalue weighted by Crippen LogP contribution is -2.23. The summed E-state index contributed by atoms with van der Waals surface area (Å²) in [7, 11) is 0. The molecule has 0 spiro atoms. The number of phenols is 1. The Balaban J connectivity index is 1.79. The van der Waals surface area contributed by atoms with Gasteiger partial charge in [0, 0.05) is 42.0 Å². The first-order chi connectivity index (χ1) is 14.8. The second-order valence-electron chi connectivity index (χ2n) is 7.54. The summed E-state index contributed by atoms with van der Waals surface area (Å²) in [4.78, 5) is 28.3. The van der Waals surface area contributed by atoms with Crippen molar-refractivity contribution >= 4 is 22.9 Å². The van der Waals surface area contributed by atoms with Gasteiger partial charge < -0.3 is 20.5 Å². The van der Waals surface area contributed by atoms with Crippen LogP contribution in [-0.2, 0) is 0 Å². The van der Waals surface area contributed by atoms with Crippen molar-refractivity contribution in [1.29, 1.82) is 0 Å². The van der Waals surface area contributed by atoms with Crippen LogP contribution in [0.1, 0.15) is 51.3 Å². The van der Waals surface area contributed by atoms with E-state index in [1.54, 1.807) is 24.3 Å². The van der Waals surface area contributed by atoms with E-state index in [1.165, 1.54) is 6.07 Å². The number of hydrogen-bond donors (Lipinski definition) is 2. The van der Waals surface area contributed by atoms with E-state index in [1.807, 2.05) is 25.1 Å². The van der Waals surface area contributed by atoms with E-state index in [4.69, 9.17) is 10.5 Å². The van der Waals surface area contributed by atoms with Crippen LogP contribution >= 0.6 is 0 Å². The third-order valence-corrected chi connectivity index (χ3v) is 5.60. The number of hydrogen-bond acceptors (Lipinski definition) is 6. The molecule has 3 aromatic rings. The van der Waals surface area contributed by atoms with E-state index in [0.29, 0.717) is 5.75 Å². The van der Waals surface area contributed by atoms with Gasteiger partial charge in [0.05, 0.1) is 16.8 Å². The van der Waals surface area contributed by atoms with Crippen molar-refractivity contribution in [2.24, 2.45) is 0 Å². The number of carbonyl (C=O) groups is 2. The Bertz CT molecular complexity index is 1210. The number of nitrogens with two attached hydrogens (primary N) is 1. The zero-order chi connectivity index (χ0) is 22.3. The fourth-order valence-corrected chi connectivity index (χ4v) is 3.98. The molecule has 1 aliphatic carbocycles. The van der Waals surface area contributed by atoms with Crippen molar-refractivity contribution in [3.8, 4) is 17.2 Å². The highest BCUT2D eigenvalue weighted by Crippen LogP contribution is 2.43. The average Bonchev–Trinajstić information content (AvgIpc) is 2.75. The summed E-state index contributed by atoms with van der Waals surface area (Å²) < 4.78 is 5.96. The summed E-state index contributed by atoms with van der Waals surface area (Å²) >= 11 is 0. The highest BCUT2D eigenvalue weighted by atomic mass is 16.5. The SMILES string of the molecule is CCN(CC)c1cccc(Oc2cc(O)c3c(c2N)C(=O)c2cc(C)ccc2C3=O)c1. The second kappa shape index (κ2) is 7.80. The predicted molar refractivity (Wildman–Crippen MR) is 121 cm³/mol. The first-order valence-corrected chi connectivity index (χ1v) is 10.2. The molecule has 0 saturated heterocycles. The van der Waals surface area contributed by atoms with Crippen molar-refractivity contribution in [2.75, 3.05) is 23.7 Å². The Morgan fingerprint density at radius 3 is 2.35 bits per heavy atom. The van der Waals surface area contributed by atoms with E-state index in [2.05, 4.69) is 18.7 Å². The Morgan fingerprint density at radius 1 is 0.935 bits per heavy atom. The van der Waals surface area contributed by atoms with Crippen LogP contribution in [-0.4, -0.2) is 29.8 Å². The first kappa shape index (κ1) is 20.5. The van der Waals surface area contributed by atoms with Gasteiger partial charge in [-0.2, -0.15) is 0 Å². The number of nitrogens with zero attached hydrogens (tertiary/aromatic N) is 1. The molecule has 0 saturated carbocycles. The fraction of sp³-hybridized carbons (Fsp3) is 0.200. The number of benzene rings is 3. The summed E-state index contributed by atoms with van der Waals surface area (Å²) in [5.41, 5.74) is 8.62. The monoisotopic (exact) mass is 416 g/mol. The molecule has 4 rings (SSSR count). The van der Waals surface area contributed by atoms with Crippen LogP contribution in [0, 0.1) is 6.92 Å². The molecule has 0 heterocycles. The Morgan fingerprint density at radius 2 is 1.65 bits per heavy atom. The zero-order valence-electron chi connectivity index (χ0n) is 17.7. The number of rotatable bonds is 5. The zero-order valence-corrected chi connectivity index (χ0v) is 17.7. The fourth-order valence-electron chi connectivity index (χ4n) is 3.98. The summed E-state index contributed by atoms with van der Waals surface area (Å²) in [6, 6.07) is 13.8. The molecule has 3 aromatic carbocycles. The summed E-state index contributed by atoms with van der Waals surface area (Å²) in [6.45, 7) is 7.67. The smallest absolute Gasteiger partial charge is 0.198 e. The topological polar surface area (TPSA) is 92.9 Å². The molecule has 1 aliphatic rings. The van der Waals surface area contributed by atoms with E-state index in [9.17, 15) is 14.7 Å². The minimum atomic E-state index is -0.427. The standard InChI is InChI=1S/C25H24N2O4/c1-4-27(5-2)15-7-6-8-16(12-15)31-20-13-19(28)21-22(23(20)26)25(30)18-11-14(3)9-10-17(18)24(21)29/h6-13,28H,4-5,26H2,1-3H3. The molecule has 0 atom stereocenters. The maximum Gasteiger partial charge on any atom is 0.198 e. The molecular formula is C25H24N2O4. The third-order valence-electron chi connectivity index (χ3n) is 5.60. The second-order valence-corrected chi connectivity index (χ2v) is 7.54. The number of phenolic OH excluding ortho intramolecular Hbond substituents is 1. The van der Waals surface area contributed by atoms with Gasteiger partial charge in [0.2, 0.25) is 0 Å². The van der Waals surface area contributed by atoms with Crippen molar-refractivity contribution in [3.63, 3.8) is 0 Å². The molecule has 0 aliphatic heterocycles. The normalized spacial score (nSPS) is 12.4. The van der Waals surface area contributed by atoms with Gasteiger partial charge in [-0.15, -0.1) is 0 Å². The Labute approximate surface area is 180 Å². The molecule has 0 aromatic heterocycles. The lowest BCUT2D eigenvalue weighted by molar-refractivity contribution is 0.0977. The first-order valence-electron chi connectivity index (χ1n) is 10.2. The van der Waals surface area contributed by atoms with Crippen LogP contribution in [0.4, 0.5) is 11.4 Å².